The Morgan fingerprint density at radius 3 is 2.92 bits per heavy atom. The van der Waals surface area contributed by atoms with Crippen molar-refractivity contribution in [3.63, 3.8) is 0 Å². The van der Waals surface area contributed by atoms with E-state index in [1.54, 1.807) is 0 Å². The molecule has 2 aliphatic rings. The lowest BCUT2D eigenvalue weighted by Crippen LogP contribution is -2.42. The molecule has 1 aromatic rings. The molecule has 2 atom stereocenters. The molecule has 0 bridgehead atoms. The second-order valence-electron chi connectivity index (χ2n) is 7.59. The molecule has 25 heavy (non-hydrogen) atoms. The number of likely N-dealkylation sites (tertiary alicyclic amines) is 2. The zero-order valence-electron chi connectivity index (χ0n) is 16.1. The van der Waals surface area contributed by atoms with Crippen molar-refractivity contribution < 1.29 is 0 Å². The van der Waals surface area contributed by atoms with Gasteiger partial charge in [-0.2, -0.15) is 5.10 Å². The fourth-order valence-corrected chi connectivity index (χ4v) is 4.18. The Labute approximate surface area is 152 Å². The van der Waals surface area contributed by atoms with Gasteiger partial charge in [0, 0.05) is 58.4 Å². The minimum atomic E-state index is 0.571. The van der Waals surface area contributed by atoms with Crippen LogP contribution in [-0.4, -0.2) is 71.4 Å². The number of guanidine groups is 1. The maximum Gasteiger partial charge on any atom is 0.193 e. The summed E-state index contributed by atoms with van der Waals surface area (Å²) in [7, 11) is 3.88. The normalized spacial score (nSPS) is 25.6. The number of aliphatic imine (C=N–C) groups is 1. The maximum absolute atomic E-state index is 4.50. The number of piperidine rings is 1. The third-order valence-corrected chi connectivity index (χ3v) is 5.74. The molecule has 0 saturated carbocycles. The van der Waals surface area contributed by atoms with E-state index in [9.17, 15) is 0 Å². The van der Waals surface area contributed by atoms with Gasteiger partial charge in [-0.25, -0.2) is 0 Å². The first-order valence-electron chi connectivity index (χ1n) is 9.85. The first-order valence-corrected chi connectivity index (χ1v) is 9.85. The van der Waals surface area contributed by atoms with Gasteiger partial charge in [0.05, 0.1) is 6.20 Å². The molecule has 0 aromatic carbocycles. The molecule has 2 aliphatic heterocycles. The quantitative estimate of drug-likeness (QED) is 0.504. The average Bonchev–Trinajstić information content (AvgIpc) is 3.25. The van der Waals surface area contributed by atoms with Crippen LogP contribution >= 0.6 is 0 Å². The second-order valence-corrected chi connectivity index (χ2v) is 7.59. The smallest absolute Gasteiger partial charge is 0.193 e. The van der Waals surface area contributed by atoms with Gasteiger partial charge < -0.3 is 15.1 Å². The molecule has 0 radical (unpaired) electrons. The fourth-order valence-electron chi connectivity index (χ4n) is 4.18. The van der Waals surface area contributed by atoms with Crippen molar-refractivity contribution in [2.45, 2.75) is 51.0 Å². The predicted molar refractivity (Wildman–Crippen MR) is 103 cm³/mol. The number of aromatic nitrogens is 2. The zero-order valence-corrected chi connectivity index (χ0v) is 16.1. The Hall–Kier alpha value is -1.56. The highest BCUT2D eigenvalue weighted by molar-refractivity contribution is 5.80. The van der Waals surface area contributed by atoms with Crippen LogP contribution in [0.1, 0.15) is 50.5 Å². The van der Waals surface area contributed by atoms with Crippen LogP contribution < -0.4 is 5.32 Å². The van der Waals surface area contributed by atoms with Crippen LogP contribution in [0.5, 0.6) is 0 Å². The van der Waals surface area contributed by atoms with Gasteiger partial charge in [-0.3, -0.25) is 9.67 Å². The lowest BCUT2D eigenvalue weighted by Gasteiger charge is -2.33. The Morgan fingerprint density at radius 1 is 1.32 bits per heavy atom. The lowest BCUT2D eigenvalue weighted by atomic mass is 10.0. The molecule has 2 unspecified atom stereocenters. The molecule has 0 spiro atoms. The van der Waals surface area contributed by atoms with Gasteiger partial charge in [0.25, 0.3) is 0 Å². The minimum Gasteiger partial charge on any atom is -0.356 e. The van der Waals surface area contributed by atoms with Gasteiger partial charge in [0.15, 0.2) is 5.96 Å². The van der Waals surface area contributed by atoms with Crippen LogP contribution in [0.4, 0.5) is 0 Å². The van der Waals surface area contributed by atoms with Gasteiger partial charge in [0.2, 0.25) is 0 Å². The zero-order chi connectivity index (χ0) is 17.6. The summed E-state index contributed by atoms with van der Waals surface area (Å²) in [4.78, 5) is 9.53. The van der Waals surface area contributed by atoms with Crippen molar-refractivity contribution in [3.8, 4) is 0 Å². The summed E-state index contributed by atoms with van der Waals surface area (Å²) in [5.41, 5.74) is 1.35. The standard InChI is InChI=1S/C19H34N6/c1-16-7-4-5-10-24(16)11-6-9-21-19(20-2)25-12-8-17(15-25)18-13-22-23(3)14-18/h13-14,16-17H,4-12,15H2,1-3H3,(H,20,21). The van der Waals surface area contributed by atoms with Crippen LogP contribution in [0.25, 0.3) is 0 Å². The van der Waals surface area contributed by atoms with Gasteiger partial charge in [-0.05, 0) is 44.7 Å². The summed E-state index contributed by atoms with van der Waals surface area (Å²) in [5.74, 6) is 1.62. The molecule has 3 heterocycles. The van der Waals surface area contributed by atoms with Crippen LogP contribution in [-0.2, 0) is 7.05 Å². The number of nitrogens with one attached hydrogen (secondary N) is 1. The first-order chi connectivity index (χ1) is 12.2. The molecule has 1 aromatic heterocycles. The SMILES string of the molecule is CN=C(NCCCN1CCCCC1C)N1CCC(c2cnn(C)c2)C1. The van der Waals surface area contributed by atoms with Gasteiger partial charge >= 0.3 is 0 Å². The van der Waals surface area contributed by atoms with Gasteiger partial charge in [-0.15, -0.1) is 0 Å². The summed E-state index contributed by atoms with van der Waals surface area (Å²) in [6.07, 6.45) is 10.6. The van der Waals surface area contributed by atoms with Crippen molar-refractivity contribution >= 4 is 5.96 Å². The number of aryl methyl sites for hydroxylation is 1. The highest BCUT2D eigenvalue weighted by atomic mass is 15.3. The van der Waals surface area contributed by atoms with E-state index < -0.39 is 0 Å². The summed E-state index contributed by atoms with van der Waals surface area (Å²) in [5, 5.41) is 7.88. The van der Waals surface area contributed by atoms with Crippen molar-refractivity contribution in [1.29, 1.82) is 0 Å². The molecule has 140 valence electrons. The first kappa shape index (κ1) is 18.2. The molecular formula is C19H34N6. The largest absolute Gasteiger partial charge is 0.356 e. The van der Waals surface area contributed by atoms with E-state index in [2.05, 4.69) is 38.3 Å². The molecule has 2 fully saturated rings. The summed E-state index contributed by atoms with van der Waals surface area (Å²) in [6.45, 7) is 7.95. The van der Waals surface area contributed by atoms with Gasteiger partial charge in [0.1, 0.15) is 0 Å². The Kier molecular flexibility index (Phi) is 6.34. The molecule has 3 rings (SSSR count). The van der Waals surface area contributed by atoms with E-state index in [0.717, 1.165) is 31.6 Å². The van der Waals surface area contributed by atoms with Crippen molar-refractivity contribution in [1.82, 2.24) is 24.9 Å². The van der Waals surface area contributed by atoms with Crippen LogP contribution in [0.2, 0.25) is 0 Å². The van der Waals surface area contributed by atoms with Crippen molar-refractivity contribution in [2.75, 3.05) is 39.8 Å². The number of rotatable bonds is 5. The van der Waals surface area contributed by atoms with Crippen molar-refractivity contribution in [2.24, 2.45) is 12.0 Å². The Balaban J connectivity index is 1.41. The highest BCUT2D eigenvalue weighted by Crippen LogP contribution is 2.26. The Morgan fingerprint density at radius 2 is 2.20 bits per heavy atom. The van der Waals surface area contributed by atoms with E-state index in [1.165, 1.54) is 50.8 Å². The average molecular weight is 347 g/mol. The molecular weight excluding hydrogens is 312 g/mol. The van der Waals surface area contributed by atoms with E-state index >= 15 is 0 Å². The lowest BCUT2D eigenvalue weighted by molar-refractivity contribution is 0.159. The number of hydrogen-bond donors (Lipinski definition) is 1. The molecule has 0 amide bonds. The molecule has 6 nitrogen and oxygen atoms in total. The Bertz CT molecular complexity index is 566. The number of hydrogen-bond acceptors (Lipinski definition) is 3. The van der Waals surface area contributed by atoms with Crippen molar-refractivity contribution in [3.05, 3.63) is 18.0 Å². The van der Waals surface area contributed by atoms with Crippen LogP contribution in [0.3, 0.4) is 0 Å². The van der Waals surface area contributed by atoms with Crippen LogP contribution in [0.15, 0.2) is 17.4 Å². The summed E-state index contributed by atoms with van der Waals surface area (Å²) < 4.78 is 1.90. The van der Waals surface area contributed by atoms with Crippen LogP contribution in [0, 0.1) is 0 Å². The monoisotopic (exact) mass is 346 g/mol. The minimum absolute atomic E-state index is 0.571. The predicted octanol–water partition coefficient (Wildman–Crippen LogP) is 2.05. The molecule has 0 aliphatic carbocycles. The summed E-state index contributed by atoms with van der Waals surface area (Å²) >= 11 is 0. The fraction of sp³-hybridized carbons (Fsp3) is 0.789. The highest BCUT2D eigenvalue weighted by Gasteiger charge is 2.26. The number of nitrogens with zero attached hydrogens (tertiary/aromatic N) is 5. The molecule has 1 N–H and O–H groups in total. The molecule has 2 saturated heterocycles. The second kappa shape index (κ2) is 8.70. The van der Waals surface area contributed by atoms with E-state index in [-0.39, 0.29) is 0 Å². The maximum atomic E-state index is 4.50. The van der Waals surface area contributed by atoms with E-state index in [0.29, 0.717) is 5.92 Å². The topological polar surface area (TPSA) is 48.7 Å². The van der Waals surface area contributed by atoms with E-state index in [1.807, 2.05) is 25.0 Å². The summed E-state index contributed by atoms with van der Waals surface area (Å²) in [6, 6.07) is 0.756. The third-order valence-electron chi connectivity index (χ3n) is 5.74. The molecule has 6 heteroatoms. The van der Waals surface area contributed by atoms with Gasteiger partial charge in [-0.1, -0.05) is 6.42 Å². The van der Waals surface area contributed by atoms with E-state index in [4.69, 9.17) is 0 Å². The third kappa shape index (κ3) is 4.75.